The number of hydrogen-bond acceptors (Lipinski definition) is 3. The lowest BCUT2D eigenvalue weighted by molar-refractivity contribution is 0.776. The monoisotopic (exact) mass is 303 g/mol. The quantitative estimate of drug-likeness (QED) is 0.630. The van der Waals surface area contributed by atoms with Crippen molar-refractivity contribution >= 4 is 11.2 Å². The molecule has 23 heavy (non-hydrogen) atoms. The van der Waals surface area contributed by atoms with Crippen molar-refractivity contribution in [1.29, 1.82) is 0 Å². The third-order valence-electron chi connectivity index (χ3n) is 3.88. The summed E-state index contributed by atoms with van der Waals surface area (Å²) in [4.78, 5) is 17.0. The van der Waals surface area contributed by atoms with E-state index in [1.54, 1.807) is 6.20 Å². The average molecular weight is 303 g/mol. The Morgan fingerprint density at radius 3 is 2.61 bits per heavy atom. The Bertz CT molecular complexity index is 963. The molecule has 0 atom stereocenters. The molecule has 1 N–H and O–H groups in total. The van der Waals surface area contributed by atoms with Crippen LogP contribution in [0.5, 0.6) is 0 Å². The summed E-state index contributed by atoms with van der Waals surface area (Å²) in [6, 6.07) is 12.3. The Kier molecular flexibility index (Phi) is 3.19. The second-order valence-corrected chi connectivity index (χ2v) is 5.75. The van der Waals surface area contributed by atoms with Gasteiger partial charge in [-0.15, -0.1) is 0 Å². The molecule has 0 saturated heterocycles. The molecule has 0 radical (unpaired) electrons. The number of pyridine rings is 1. The normalized spacial score (nSPS) is 11.2. The summed E-state index contributed by atoms with van der Waals surface area (Å²) in [5.41, 5.74) is 5.13. The second-order valence-electron chi connectivity index (χ2n) is 5.75. The van der Waals surface area contributed by atoms with Crippen molar-refractivity contribution < 1.29 is 0 Å². The first-order valence-corrected chi connectivity index (χ1v) is 7.59. The van der Waals surface area contributed by atoms with Crippen molar-refractivity contribution in [2.45, 2.75) is 20.4 Å². The average Bonchev–Trinajstić information content (AvgIpc) is 3.13. The second kappa shape index (κ2) is 5.35. The molecule has 0 aliphatic heterocycles. The molecule has 0 aliphatic rings. The van der Waals surface area contributed by atoms with E-state index in [9.17, 15) is 0 Å². The first-order chi connectivity index (χ1) is 11.2. The summed E-state index contributed by atoms with van der Waals surface area (Å²) >= 11 is 0. The van der Waals surface area contributed by atoms with Crippen LogP contribution in [-0.4, -0.2) is 24.5 Å². The van der Waals surface area contributed by atoms with Crippen molar-refractivity contribution in [2.75, 3.05) is 0 Å². The molecule has 0 fully saturated rings. The molecule has 0 saturated carbocycles. The number of fused-ring (bicyclic) bond motifs is 1. The number of nitrogens with zero attached hydrogens (tertiary/aromatic N) is 4. The van der Waals surface area contributed by atoms with Crippen molar-refractivity contribution in [3.05, 3.63) is 65.9 Å². The van der Waals surface area contributed by atoms with Crippen molar-refractivity contribution in [1.82, 2.24) is 24.5 Å². The predicted octanol–water partition coefficient (Wildman–Crippen LogP) is 3.49. The zero-order chi connectivity index (χ0) is 15.8. The third kappa shape index (κ3) is 2.50. The molecule has 3 heterocycles. The number of hydrogen-bond donors (Lipinski definition) is 1. The Hall–Kier alpha value is -2.95. The molecule has 0 aliphatic carbocycles. The van der Waals surface area contributed by atoms with Gasteiger partial charge in [0.1, 0.15) is 17.2 Å². The van der Waals surface area contributed by atoms with Crippen molar-refractivity contribution in [3.8, 4) is 11.4 Å². The topological polar surface area (TPSA) is 59.4 Å². The van der Waals surface area contributed by atoms with Gasteiger partial charge in [-0.2, -0.15) is 0 Å². The molecule has 5 heteroatoms. The maximum Gasteiger partial charge on any atom is 0.160 e. The minimum atomic E-state index is 0.616. The lowest BCUT2D eigenvalue weighted by Crippen LogP contribution is -2.04. The van der Waals surface area contributed by atoms with Crippen LogP contribution in [0.15, 0.2) is 48.8 Å². The first-order valence-electron chi connectivity index (χ1n) is 7.59. The van der Waals surface area contributed by atoms with Crippen LogP contribution in [0.2, 0.25) is 0 Å². The zero-order valence-corrected chi connectivity index (χ0v) is 13.1. The predicted molar refractivity (Wildman–Crippen MR) is 90.1 cm³/mol. The van der Waals surface area contributed by atoms with E-state index >= 15 is 0 Å². The molecule has 3 aromatic heterocycles. The highest BCUT2D eigenvalue weighted by molar-refractivity contribution is 5.77. The van der Waals surface area contributed by atoms with E-state index in [-0.39, 0.29) is 0 Å². The van der Waals surface area contributed by atoms with Gasteiger partial charge in [0.2, 0.25) is 0 Å². The zero-order valence-electron chi connectivity index (χ0n) is 13.1. The van der Waals surface area contributed by atoms with E-state index in [0.29, 0.717) is 6.54 Å². The fraction of sp³-hybridized carbons (Fsp3) is 0.167. The highest BCUT2D eigenvalue weighted by Crippen LogP contribution is 2.24. The number of aryl methyl sites for hydroxylation is 2. The summed E-state index contributed by atoms with van der Waals surface area (Å²) in [5.74, 6) is 1.81. The molecule has 0 bridgehead atoms. The number of H-pyrrole nitrogens is 1. The first kappa shape index (κ1) is 13.7. The Balaban J connectivity index is 1.88. The molecule has 0 amide bonds. The Morgan fingerprint density at radius 2 is 1.87 bits per heavy atom. The van der Waals surface area contributed by atoms with Crippen LogP contribution in [0.1, 0.15) is 17.1 Å². The molecule has 1 aromatic carbocycles. The van der Waals surface area contributed by atoms with Gasteiger partial charge < -0.3 is 9.55 Å². The molecule has 5 nitrogen and oxygen atoms in total. The SMILES string of the molecule is Cc1ccc(-c2nc3cccnc3n2Cc2ncc(C)[nH]2)cc1. The lowest BCUT2D eigenvalue weighted by Gasteiger charge is -2.07. The van der Waals surface area contributed by atoms with Gasteiger partial charge in [0.15, 0.2) is 5.65 Å². The van der Waals surface area contributed by atoms with E-state index in [2.05, 4.69) is 50.7 Å². The minimum Gasteiger partial charge on any atom is -0.345 e. The van der Waals surface area contributed by atoms with E-state index in [4.69, 9.17) is 4.98 Å². The molecule has 4 rings (SSSR count). The van der Waals surface area contributed by atoms with Gasteiger partial charge in [-0.1, -0.05) is 29.8 Å². The number of aromatic nitrogens is 5. The summed E-state index contributed by atoms with van der Waals surface area (Å²) < 4.78 is 2.11. The van der Waals surface area contributed by atoms with Gasteiger partial charge in [-0.05, 0) is 26.0 Å². The maximum absolute atomic E-state index is 4.77. The van der Waals surface area contributed by atoms with Crippen molar-refractivity contribution in [2.24, 2.45) is 0 Å². The van der Waals surface area contributed by atoms with Gasteiger partial charge in [0, 0.05) is 23.7 Å². The Morgan fingerprint density at radius 1 is 1.04 bits per heavy atom. The molecule has 0 spiro atoms. The summed E-state index contributed by atoms with van der Waals surface area (Å²) in [5, 5.41) is 0. The highest BCUT2D eigenvalue weighted by atomic mass is 15.1. The number of nitrogens with one attached hydrogen (secondary N) is 1. The van der Waals surface area contributed by atoms with Crippen LogP contribution in [-0.2, 0) is 6.54 Å². The molecule has 4 aromatic rings. The smallest absolute Gasteiger partial charge is 0.160 e. The minimum absolute atomic E-state index is 0.616. The van der Waals surface area contributed by atoms with E-state index in [0.717, 1.165) is 34.1 Å². The lowest BCUT2D eigenvalue weighted by atomic mass is 10.1. The van der Waals surface area contributed by atoms with Gasteiger partial charge in [-0.25, -0.2) is 15.0 Å². The molecular weight excluding hydrogens is 286 g/mol. The largest absolute Gasteiger partial charge is 0.345 e. The van der Waals surface area contributed by atoms with Crippen LogP contribution < -0.4 is 0 Å². The van der Waals surface area contributed by atoms with Gasteiger partial charge >= 0.3 is 0 Å². The molecule has 114 valence electrons. The van der Waals surface area contributed by atoms with Crippen LogP contribution in [0.4, 0.5) is 0 Å². The van der Waals surface area contributed by atoms with E-state index in [1.165, 1.54) is 5.56 Å². The standard InChI is InChI=1S/C18H17N5/c1-12-5-7-14(8-6-12)17-22-15-4-3-9-19-18(15)23(17)11-16-20-10-13(2)21-16/h3-10H,11H2,1-2H3,(H,20,21). The summed E-state index contributed by atoms with van der Waals surface area (Å²) in [7, 11) is 0. The number of aromatic amines is 1. The van der Waals surface area contributed by atoms with E-state index < -0.39 is 0 Å². The summed E-state index contributed by atoms with van der Waals surface area (Å²) in [6.07, 6.45) is 3.64. The van der Waals surface area contributed by atoms with E-state index in [1.807, 2.05) is 25.3 Å². The summed E-state index contributed by atoms with van der Waals surface area (Å²) in [6.45, 7) is 4.70. The Labute approximate surface area is 134 Å². The highest BCUT2D eigenvalue weighted by Gasteiger charge is 2.14. The molecule has 0 unspecified atom stereocenters. The maximum atomic E-state index is 4.77. The fourth-order valence-electron chi connectivity index (χ4n) is 2.73. The number of rotatable bonds is 3. The van der Waals surface area contributed by atoms with Crippen LogP contribution >= 0.6 is 0 Å². The van der Waals surface area contributed by atoms with Gasteiger partial charge in [-0.3, -0.25) is 0 Å². The van der Waals surface area contributed by atoms with Crippen LogP contribution in [0.3, 0.4) is 0 Å². The van der Waals surface area contributed by atoms with Gasteiger partial charge in [0.05, 0.1) is 6.54 Å². The fourth-order valence-corrected chi connectivity index (χ4v) is 2.73. The number of benzene rings is 1. The van der Waals surface area contributed by atoms with Gasteiger partial charge in [0.25, 0.3) is 0 Å². The number of imidazole rings is 2. The van der Waals surface area contributed by atoms with Crippen molar-refractivity contribution in [3.63, 3.8) is 0 Å². The third-order valence-corrected chi connectivity index (χ3v) is 3.88. The van der Waals surface area contributed by atoms with Crippen LogP contribution in [0.25, 0.3) is 22.6 Å². The van der Waals surface area contributed by atoms with Crippen LogP contribution in [0, 0.1) is 13.8 Å². The molecular formula is C18H17N5.